The molecule has 0 saturated heterocycles. The molecule has 180 valence electrons. The summed E-state index contributed by atoms with van der Waals surface area (Å²) in [7, 11) is 0. The molecule has 0 aliphatic rings. The van der Waals surface area contributed by atoms with Crippen LogP contribution in [0.25, 0.3) is 11.5 Å². The number of ether oxygens (including phenoxy) is 2. The lowest BCUT2D eigenvalue weighted by molar-refractivity contribution is -0.149. The maximum absolute atomic E-state index is 13.2. The first kappa shape index (κ1) is 24.8. The Morgan fingerprint density at radius 1 is 1.12 bits per heavy atom. The van der Waals surface area contributed by atoms with Gasteiger partial charge in [0.15, 0.2) is 11.8 Å². The number of carboxylic acids is 1. The summed E-state index contributed by atoms with van der Waals surface area (Å²) in [5, 5.41) is 21.3. The van der Waals surface area contributed by atoms with Crippen LogP contribution < -0.4 is 4.74 Å². The fraction of sp³-hybridized carbons (Fsp3) is 0.333. The van der Waals surface area contributed by atoms with Crippen LogP contribution in [0.4, 0.5) is 4.39 Å². The normalized spacial score (nSPS) is 12.4. The highest BCUT2D eigenvalue weighted by molar-refractivity contribution is 5.97. The molecular formula is C24H26FN3O6. The standard InChI is InChI=1S/C24H26FN3O6/c1-3-13-33-28-20(23-27-26-22(34-23)17-7-9-18(25)10-8-17)15-32-19-11-5-16(6-12-19)14-21(24(29)30)31-4-2/h5-12,21H,3-4,13-15H2,1-2H3,(H,29,30)/b28-20-. The summed E-state index contributed by atoms with van der Waals surface area (Å²) in [4.78, 5) is 16.6. The second kappa shape index (κ2) is 12.4. The molecule has 0 radical (unpaired) electrons. The van der Waals surface area contributed by atoms with Gasteiger partial charge in [-0.3, -0.25) is 0 Å². The quantitative estimate of drug-likeness (QED) is 0.225. The molecule has 0 spiro atoms. The van der Waals surface area contributed by atoms with Crippen molar-refractivity contribution in [3.63, 3.8) is 0 Å². The van der Waals surface area contributed by atoms with Crippen LogP contribution in [0.1, 0.15) is 31.7 Å². The number of rotatable bonds is 13. The Kier molecular flexibility index (Phi) is 9.10. The molecule has 1 aromatic heterocycles. The van der Waals surface area contributed by atoms with Crippen molar-refractivity contribution in [2.24, 2.45) is 5.16 Å². The Morgan fingerprint density at radius 3 is 2.50 bits per heavy atom. The number of aliphatic carboxylic acids is 1. The van der Waals surface area contributed by atoms with E-state index >= 15 is 0 Å². The number of hydrogen-bond acceptors (Lipinski definition) is 8. The average molecular weight is 471 g/mol. The number of oxime groups is 1. The maximum Gasteiger partial charge on any atom is 0.333 e. The van der Waals surface area contributed by atoms with Gasteiger partial charge in [-0.25, -0.2) is 9.18 Å². The third-order valence-corrected chi connectivity index (χ3v) is 4.60. The topological polar surface area (TPSA) is 116 Å². The van der Waals surface area contributed by atoms with E-state index in [-0.39, 0.29) is 30.6 Å². The first-order valence-corrected chi connectivity index (χ1v) is 10.8. The van der Waals surface area contributed by atoms with Crippen molar-refractivity contribution in [1.29, 1.82) is 0 Å². The average Bonchev–Trinajstić information content (AvgIpc) is 3.32. The van der Waals surface area contributed by atoms with E-state index in [4.69, 9.17) is 18.7 Å². The van der Waals surface area contributed by atoms with Gasteiger partial charge < -0.3 is 23.8 Å². The second-order valence-corrected chi connectivity index (χ2v) is 7.21. The van der Waals surface area contributed by atoms with Crippen molar-refractivity contribution in [1.82, 2.24) is 10.2 Å². The van der Waals surface area contributed by atoms with Crippen molar-refractivity contribution in [2.45, 2.75) is 32.8 Å². The second-order valence-electron chi connectivity index (χ2n) is 7.21. The summed E-state index contributed by atoms with van der Waals surface area (Å²) in [6.45, 7) is 4.42. The van der Waals surface area contributed by atoms with Crippen molar-refractivity contribution in [2.75, 3.05) is 19.8 Å². The summed E-state index contributed by atoms with van der Waals surface area (Å²) in [6, 6.07) is 12.7. The van der Waals surface area contributed by atoms with Gasteiger partial charge in [0.05, 0.1) is 0 Å². The van der Waals surface area contributed by atoms with E-state index in [1.165, 1.54) is 24.3 Å². The van der Waals surface area contributed by atoms with Gasteiger partial charge >= 0.3 is 5.97 Å². The van der Waals surface area contributed by atoms with Gasteiger partial charge in [0, 0.05) is 18.6 Å². The molecule has 10 heteroatoms. The van der Waals surface area contributed by atoms with Crippen LogP contribution in [0.3, 0.4) is 0 Å². The van der Waals surface area contributed by atoms with Crippen LogP contribution >= 0.6 is 0 Å². The molecule has 9 nitrogen and oxygen atoms in total. The Bertz CT molecular complexity index is 1080. The summed E-state index contributed by atoms with van der Waals surface area (Å²) in [5.41, 5.74) is 1.66. The van der Waals surface area contributed by atoms with E-state index in [9.17, 15) is 14.3 Å². The lowest BCUT2D eigenvalue weighted by atomic mass is 10.1. The molecule has 0 fully saturated rings. The number of carbonyl (C=O) groups is 1. The summed E-state index contributed by atoms with van der Waals surface area (Å²) in [6.07, 6.45) is 0.108. The zero-order valence-electron chi connectivity index (χ0n) is 18.9. The predicted octanol–water partition coefficient (Wildman–Crippen LogP) is 4.12. The molecule has 0 amide bonds. The minimum atomic E-state index is -1.00. The Hall–Kier alpha value is -3.79. The molecule has 1 heterocycles. The predicted molar refractivity (Wildman–Crippen MR) is 121 cm³/mol. The zero-order chi connectivity index (χ0) is 24.3. The van der Waals surface area contributed by atoms with Gasteiger partial charge in [-0.15, -0.1) is 10.2 Å². The molecule has 3 aromatic rings. The highest BCUT2D eigenvalue weighted by atomic mass is 19.1. The molecule has 1 N–H and O–H groups in total. The maximum atomic E-state index is 13.2. The molecule has 0 aliphatic heterocycles. The summed E-state index contributed by atoms with van der Waals surface area (Å²) < 4.78 is 29.9. The number of halogens is 1. The third-order valence-electron chi connectivity index (χ3n) is 4.60. The molecule has 3 rings (SSSR count). The molecule has 2 aromatic carbocycles. The number of nitrogens with zero attached hydrogens (tertiary/aromatic N) is 3. The molecule has 0 saturated carbocycles. The Labute approximate surface area is 196 Å². The van der Waals surface area contributed by atoms with E-state index in [1.807, 2.05) is 6.92 Å². The molecule has 0 bridgehead atoms. The largest absolute Gasteiger partial charge is 0.487 e. The lowest BCUT2D eigenvalue weighted by Crippen LogP contribution is -2.26. The van der Waals surface area contributed by atoms with Crippen LogP contribution in [0.5, 0.6) is 5.75 Å². The highest BCUT2D eigenvalue weighted by Gasteiger charge is 2.19. The lowest BCUT2D eigenvalue weighted by Gasteiger charge is -2.13. The van der Waals surface area contributed by atoms with Crippen LogP contribution in [0.2, 0.25) is 0 Å². The summed E-state index contributed by atoms with van der Waals surface area (Å²) in [5.74, 6) is -0.504. The van der Waals surface area contributed by atoms with E-state index in [0.717, 1.165) is 12.0 Å². The smallest absolute Gasteiger partial charge is 0.333 e. The zero-order valence-corrected chi connectivity index (χ0v) is 18.9. The van der Waals surface area contributed by atoms with E-state index in [0.29, 0.717) is 30.2 Å². The van der Waals surface area contributed by atoms with Crippen LogP contribution in [0.15, 0.2) is 58.1 Å². The van der Waals surface area contributed by atoms with E-state index in [2.05, 4.69) is 15.4 Å². The first-order valence-electron chi connectivity index (χ1n) is 10.8. The Balaban J connectivity index is 1.68. The van der Waals surface area contributed by atoms with Crippen molar-refractivity contribution in [3.8, 4) is 17.2 Å². The van der Waals surface area contributed by atoms with Gasteiger partial charge in [-0.2, -0.15) is 0 Å². The molecular weight excluding hydrogens is 445 g/mol. The van der Waals surface area contributed by atoms with Gasteiger partial charge in [0.2, 0.25) is 5.89 Å². The van der Waals surface area contributed by atoms with Crippen molar-refractivity contribution < 1.29 is 33.0 Å². The van der Waals surface area contributed by atoms with Crippen molar-refractivity contribution in [3.05, 3.63) is 65.8 Å². The molecule has 1 unspecified atom stereocenters. The summed E-state index contributed by atoms with van der Waals surface area (Å²) >= 11 is 0. The minimum absolute atomic E-state index is 0.00912. The van der Waals surface area contributed by atoms with Crippen LogP contribution in [-0.2, 0) is 20.8 Å². The minimum Gasteiger partial charge on any atom is -0.487 e. The SMILES string of the molecule is CCCO/N=C(/COc1ccc(CC(OCC)C(=O)O)cc1)c1nnc(-c2ccc(F)cc2)o1. The van der Waals surface area contributed by atoms with Crippen molar-refractivity contribution >= 4 is 11.7 Å². The van der Waals surface area contributed by atoms with Crippen LogP contribution in [0, 0.1) is 5.82 Å². The van der Waals surface area contributed by atoms with Gasteiger partial charge in [0.1, 0.15) is 24.8 Å². The third kappa shape index (κ3) is 7.11. The Morgan fingerprint density at radius 2 is 1.85 bits per heavy atom. The highest BCUT2D eigenvalue weighted by Crippen LogP contribution is 2.19. The number of carboxylic acid groups (broad SMARTS) is 1. The fourth-order valence-electron chi connectivity index (χ4n) is 2.90. The number of aromatic nitrogens is 2. The van der Waals surface area contributed by atoms with E-state index in [1.54, 1.807) is 31.2 Å². The van der Waals surface area contributed by atoms with Gasteiger partial charge in [-0.1, -0.05) is 24.2 Å². The number of hydrogen-bond donors (Lipinski definition) is 1. The molecule has 1 atom stereocenters. The van der Waals surface area contributed by atoms with Gasteiger partial charge in [-0.05, 0) is 55.3 Å². The van der Waals surface area contributed by atoms with Gasteiger partial charge in [0.25, 0.3) is 5.89 Å². The molecule has 0 aliphatic carbocycles. The fourth-order valence-corrected chi connectivity index (χ4v) is 2.90. The monoisotopic (exact) mass is 471 g/mol. The molecule has 34 heavy (non-hydrogen) atoms. The first-order chi connectivity index (χ1) is 16.5. The number of benzene rings is 2. The van der Waals surface area contributed by atoms with E-state index < -0.39 is 12.1 Å². The van der Waals surface area contributed by atoms with Crippen LogP contribution in [-0.4, -0.2) is 52.9 Å².